The lowest BCUT2D eigenvalue weighted by atomic mass is 10.1. The van der Waals surface area contributed by atoms with Crippen molar-refractivity contribution in [2.24, 2.45) is 0 Å². The summed E-state index contributed by atoms with van der Waals surface area (Å²) < 4.78 is 13.1. The fourth-order valence-electron chi connectivity index (χ4n) is 1.33. The third kappa shape index (κ3) is 2.10. The van der Waals surface area contributed by atoms with Crippen LogP contribution in [0.4, 0.5) is 4.39 Å². The van der Waals surface area contributed by atoms with Crippen LogP contribution < -0.4 is 0 Å². The molecule has 0 spiro atoms. The van der Waals surface area contributed by atoms with Gasteiger partial charge in [0.2, 0.25) is 0 Å². The topological polar surface area (TPSA) is 20.2 Å². The molecule has 0 aliphatic carbocycles. The summed E-state index contributed by atoms with van der Waals surface area (Å²) in [6.45, 7) is 0. The molecule has 0 saturated heterocycles. The van der Waals surface area contributed by atoms with Crippen LogP contribution in [-0.4, -0.2) is 5.11 Å². The smallest absolute Gasteiger partial charge is 0.165 e. The first-order valence-electron chi connectivity index (χ1n) is 4.41. The average Bonchev–Trinajstić information content (AvgIpc) is 2.23. The molecule has 0 unspecified atom stereocenters. The molecular weight excluding hydrogens is 215 g/mol. The fraction of sp³-hybridized carbons (Fsp3) is 0. The lowest BCUT2D eigenvalue weighted by Crippen LogP contribution is -1.80. The molecule has 0 heterocycles. The highest BCUT2D eigenvalue weighted by Crippen LogP contribution is 2.25. The van der Waals surface area contributed by atoms with Crippen molar-refractivity contribution in [3.05, 3.63) is 53.3 Å². The van der Waals surface area contributed by atoms with Crippen molar-refractivity contribution in [1.29, 1.82) is 0 Å². The second-order valence-electron chi connectivity index (χ2n) is 3.17. The Labute approximate surface area is 91.8 Å². The molecule has 0 amide bonds. The maximum absolute atomic E-state index is 13.1. The minimum atomic E-state index is -0.623. The summed E-state index contributed by atoms with van der Waals surface area (Å²) in [6.07, 6.45) is 0. The zero-order valence-electron chi connectivity index (χ0n) is 7.74. The molecule has 1 N–H and O–H groups in total. The Morgan fingerprint density at radius 1 is 0.933 bits per heavy atom. The van der Waals surface area contributed by atoms with Gasteiger partial charge >= 0.3 is 0 Å². The Balaban J connectivity index is 2.45. The van der Waals surface area contributed by atoms with E-state index < -0.39 is 5.82 Å². The van der Waals surface area contributed by atoms with E-state index in [1.807, 2.05) is 0 Å². The van der Waals surface area contributed by atoms with Crippen LogP contribution in [0.3, 0.4) is 0 Å². The van der Waals surface area contributed by atoms with Gasteiger partial charge < -0.3 is 5.11 Å². The number of aromatic hydroxyl groups is 1. The molecule has 2 rings (SSSR count). The minimum absolute atomic E-state index is 0.340. The van der Waals surface area contributed by atoms with Crippen molar-refractivity contribution in [1.82, 2.24) is 0 Å². The Morgan fingerprint density at radius 2 is 1.53 bits per heavy atom. The monoisotopic (exact) mass is 222 g/mol. The molecule has 0 saturated carbocycles. The van der Waals surface area contributed by atoms with E-state index in [1.54, 1.807) is 30.3 Å². The van der Waals surface area contributed by atoms with Crippen LogP contribution in [0.2, 0.25) is 5.02 Å². The highest BCUT2D eigenvalue weighted by Gasteiger charge is 2.03. The van der Waals surface area contributed by atoms with Gasteiger partial charge in [-0.25, -0.2) is 4.39 Å². The summed E-state index contributed by atoms with van der Waals surface area (Å²) in [5.74, 6) is -0.963. The van der Waals surface area contributed by atoms with Gasteiger partial charge in [-0.15, -0.1) is 0 Å². The van der Waals surface area contributed by atoms with Crippen molar-refractivity contribution in [2.45, 2.75) is 0 Å². The van der Waals surface area contributed by atoms with Crippen molar-refractivity contribution in [2.75, 3.05) is 0 Å². The minimum Gasteiger partial charge on any atom is -0.505 e. The van der Waals surface area contributed by atoms with Crippen LogP contribution in [0, 0.1) is 5.82 Å². The molecule has 0 aliphatic rings. The molecule has 0 aliphatic heterocycles. The number of phenols is 1. The third-order valence-electron chi connectivity index (χ3n) is 2.13. The molecule has 3 heteroatoms. The van der Waals surface area contributed by atoms with E-state index in [0.717, 1.165) is 5.56 Å². The van der Waals surface area contributed by atoms with Gasteiger partial charge in [-0.1, -0.05) is 29.8 Å². The Hall–Kier alpha value is -1.54. The van der Waals surface area contributed by atoms with Crippen LogP contribution in [0.5, 0.6) is 5.75 Å². The van der Waals surface area contributed by atoms with E-state index in [2.05, 4.69) is 0 Å². The van der Waals surface area contributed by atoms with Crippen LogP contribution in [0.25, 0.3) is 11.1 Å². The Bertz CT molecular complexity index is 479. The molecular formula is C12H8ClFO. The van der Waals surface area contributed by atoms with Crippen LogP contribution in [0.1, 0.15) is 0 Å². The first-order valence-corrected chi connectivity index (χ1v) is 4.79. The van der Waals surface area contributed by atoms with Crippen molar-refractivity contribution in [3.8, 4) is 16.9 Å². The summed E-state index contributed by atoms with van der Waals surface area (Å²) in [5.41, 5.74) is 1.57. The van der Waals surface area contributed by atoms with E-state index in [-0.39, 0.29) is 5.75 Å². The van der Waals surface area contributed by atoms with Gasteiger partial charge in [0.15, 0.2) is 11.6 Å². The van der Waals surface area contributed by atoms with Crippen LogP contribution in [-0.2, 0) is 0 Å². The summed E-state index contributed by atoms with van der Waals surface area (Å²) in [6, 6.07) is 11.4. The number of hydrogen-bond acceptors (Lipinski definition) is 1. The van der Waals surface area contributed by atoms with Gasteiger partial charge in [0.25, 0.3) is 0 Å². The lowest BCUT2D eigenvalue weighted by Gasteiger charge is -2.02. The van der Waals surface area contributed by atoms with Gasteiger partial charge in [0, 0.05) is 5.02 Å². The quantitative estimate of drug-likeness (QED) is 0.777. The standard InChI is InChI=1S/C12H8ClFO/c13-10-4-1-8(2-5-10)9-3-6-12(15)11(14)7-9/h1-7,15H. The van der Waals surface area contributed by atoms with E-state index in [9.17, 15) is 4.39 Å². The summed E-state index contributed by atoms with van der Waals surface area (Å²) in [5, 5.41) is 9.68. The van der Waals surface area contributed by atoms with Crippen LogP contribution >= 0.6 is 11.6 Å². The molecule has 0 aromatic heterocycles. The molecule has 2 aromatic rings. The number of benzene rings is 2. The number of hydrogen-bond donors (Lipinski definition) is 1. The van der Waals surface area contributed by atoms with Crippen molar-refractivity contribution < 1.29 is 9.50 Å². The molecule has 15 heavy (non-hydrogen) atoms. The first-order chi connectivity index (χ1) is 7.16. The van der Waals surface area contributed by atoms with Gasteiger partial charge in [-0.3, -0.25) is 0 Å². The second-order valence-corrected chi connectivity index (χ2v) is 3.61. The Morgan fingerprint density at radius 3 is 2.13 bits per heavy atom. The Kier molecular flexibility index (Phi) is 2.60. The summed E-state index contributed by atoms with van der Waals surface area (Å²) in [7, 11) is 0. The van der Waals surface area contributed by atoms with E-state index >= 15 is 0 Å². The van der Waals surface area contributed by atoms with E-state index in [1.165, 1.54) is 12.1 Å². The van der Waals surface area contributed by atoms with Gasteiger partial charge in [0.05, 0.1) is 0 Å². The van der Waals surface area contributed by atoms with E-state index in [4.69, 9.17) is 16.7 Å². The maximum Gasteiger partial charge on any atom is 0.165 e. The molecule has 2 aromatic carbocycles. The molecule has 76 valence electrons. The molecule has 0 radical (unpaired) electrons. The predicted octanol–water partition coefficient (Wildman–Crippen LogP) is 3.85. The largest absolute Gasteiger partial charge is 0.505 e. The highest BCUT2D eigenvalue weighted by molar-refractivity contribution is 6.30. The number of halogens is 2. The summed E-state index contributed by atoms with van der Waals surface area (Å²) in [4.78, 5) is 0. The molecule has 0 atom stereocenters. The predicted molar refractivity (Wildman–Crippen MR) is 58.5 cm³/mol. The van der Waals surface area contributed by atoms with Gasteiger partial charge in [-0.05, 0) is 35.4 Å². The first kappa shape index (κ1) is 9.99. The number of rotatable bonds is 1. The maximum atomic E-state index is 13.1. The molecule has 0 fully saturated rings. The van der Waals surface area contributed by atoms with Gasteiger partial charge in [-0.2, -0.15) is 0 Å². The SMILES string of the molecule is Oc1ccc(-c2ccc(Cl)cc2)cc1F. The van der Waals surface area contributed by atoms with Gasteiger partial charge in [0.1, 0.15) is 0 Å². The lowest BCUT2D eigenvalue weighted by molar-refractivity contribution is 0.432. The third-order valence-corrected chi connectivity index (χ3v) is 2.38. The number of phenolic OH excluding ortho intramolecular Hbond substituents is 1. The van der Waals surface area contributed by atoms with Crippen LogP contribution in [0.15, 0.2) is 42.5 Å². The zero-order chi connectivity index (χ0) is 10.8. The van der Waals surface area contributed by atoms with Crippen molar-refractivity contribution >= 4 is 11.6 Å². The second kappa shape index (κ2) is 3.91. The van der Waals surface area contributed by atoms with Crippen molar-refractivity contribution in [3.63, 3.8) is 0 Å². The summed E-state index contributed by atoms with van der Waals surface area (Å²) >= 11 is 5.74. The van der Waals surface area contributed by atoms with E-state index in [0.29, 0.717) is 10.6 Å². The highest BCUT2D eigenvalue weighted by atomic mass is 35.5. The molecule has 0 bridgehead atoms. The average molecular weight is 223 g/mol. The normalized spacial score (nSPS) is 10.3. The zero-order valence-corrected chi connectivity index (χ0v) is 8.50. The molecule has 1 nitrogen and oxygen atoms in total. The fourth-order valence-corrected chi connectivity index (χ4v) is 1.45.